The largest absolute Gasteiger partial charge is 0.459 e. The van der Waals surface area contributed by atoms with E-state index in [1.807, 2.05) is 6.07 Å². The van der Waals surface area contributed by atoms with Crippen molar-refractivity contribution >= 4 is 125 Å². The highest BCUT2D eigenvalue weighted by molar-refractivity contribution is 7.04. The second kappa shape index (κ2) is 17.4. The molecule has 6 aliphatic heterocycles. The Morgan fingerprint density at radius 3 is 1.33 bits per heavy atom. The lowest BCUT2D eigenvalue weighted by Crippen LogP contribution is -2.66. The standard InChI is InChI=1S/C76H58B3N3O4/c1-43-20-9-14-25-55(43)81-59-41-68-54(78-51-23-12-16-27-63(51)83-66-30-19-31-67(85-68)72(66)78)40-53(59)79-70-60(81)38-47(80-57-34-32-45(75(3,4)5)36-48(57)49-37-46(76(6,7)8)33-35-58(49)80)39-61(70)82(56-26-15-10-21-44(56)2)62-42-69-73-74(71(62)79)86-65-29-18-13-24-52(65)77(73)50-22-11-17-28-64(50)84-69/h9-42H,1-8H3. The summed E-state index contributed by atoms with van der Waals surface area (Å²) in [6.07, 6.45) is 0. The summed E-state index contributed by atoms with van der Waals surface area (Å²) in [4.78, 5) is 5.08. The zero-order chi connectivity index (χ0) is 57.8. The van der Waals surface area contributed by atoms with Crippen molar-refractivity contribution in [2.24, 2.45) is 0 Å². The van der Waals surface area contributed by atoms with E-state index in [1.165, 1.54) is 27.4 Å². The quantitative estimate of drug-likeness (QED) is 0.164. The maximum absolute atomic E-state index is 7.66. The highest BCUT2D eigenvalue weighted by atomic mass is 16.5. The molecular formula is C76H58B3N3O4. The number of hydrogen-bond acceptors (Lipinski definition) is 6. The molecule has 0 unspecified atom stereocenters. The van der Waals surface area contributed by atoms with Gasteiger partial charge in [0, 0.05) is 68.0 Å². The monoisotopic (exact) mass is 1110 g/mol. The number of fused-ring (bicyclic) bond motifs is 16. The Labute approximate surface area is 502 Å². The van der Waals surface area contributed by atoms with Gasteiger partial charge in [0.2, 0.25) is 0 Å². The van der Waals surface area contributed by atoms with Gasteiger partial charge in [-0.2, -0.15) is 0 Å². The summed E-state index contributed by atoms with van der Waals surface area (Å²) in [7, 11) is 0. The molecule has 1 aromatic heterocycles. The fourth-order valence-electron chi connectivity index (χ4n) is 15.3. The number of benzene rings is 11. The van der Waals surface area contributed by atoms with Crippen LogP contribution in [0.4, 0.5) is 34.1 Å². The molecule has 0 aliphatic carbocycles. The molecule has 7 nitrogen and oxygen atoms in total. The van der Waals surface area contributed by atoms with E-state index in [4.69, 9.17) is 18.9 Å². The third-order valence-electron chi connectivity index (χ3n) is 19.4. The molecule has 410 valence electrons. The van der Waals surface area contributed by atoms with Gasteiger partial charge in [-0.15, -0.1) is 0 Å². The Kier molecular flexibility index (Phi) is 10.1. The zero-order valence-corrected chi connectivity index (χ0v) is 49.3. The molecule has 12 aromatic rings. The maximum Gasteiger partial charge on any atom is 0.260 e. The number of para-hydroxylation sites is 5. The second-order valence-corrected chi connectivity index (χ2v) is 26.4. The van der Waals surface area contributed by atoms with Crippen LogP contribution in [0.5, 0.6) is 46.0 Å². The van der Waals surface area contributed by atoms with E-state index in [9.17, 15) is 0 Å². The predicted octanol–water partition coefficient (Wildman–Crippen LogP) is 13.5. The summed E-state index contributed by atoms with van der Waals surface area (Å²) in [6.45, 7) is 17.7. The van der Waals surface area contributed by atoms with Crippen molar-refractivity contribution < 1.29 is 18.9 Å². The van der Waals surface area contributed by atoms with Crippen LogP contribution in [0.2, 0.25) is 0 Å². The van der Waals surface area contributed by atoms with Gasteiger partial charge in [0.25, 0.3) is 20.1 Å². The van der Waals surface area contributed by atoms with Gasteiger partial charge in [-0.3, -0.25) is 0 Å². The molecule has 0 fully saturated rings. The van der Waals surface area contributed by atoms with E-state index >= 15 is 0 Å². The first-order valence-corrected chi connectivity index (χ1v) is 30.2. The fourth-order valence-corrected chi connectivity index (χ4v) is 15.3. The molecule has 86 heavy (non-hydrogen) atoms. The van der Waals surface area contributed by atoms with Crippen LogP contribution in [0, 0.1) is 13.8 Å². The van der Waals surface area contributed by atoms with Gasteiger partial charge in [-0.05, 0) is 164 Å². The van der Waals surface area contributed by atoms with E-state index < -0.39 is 0 Å². The summed E-state index contributed by atoms with van der Waals surface area (Å²) in [5.41, 5.74) is 24.5. The van der Waals surface area contributed by atoms with Crippen LogP contribution >= 0.6 is 0 Å². The Balaban J connectivity index is 1.01. The smallest absolute Gasteiger partial charge is 0.260 e. The molecule has 18 rings (SSSR count). The normalized spacial score (nSPS) is 14.3. The molecule has 0 radical (unpaired) electrons. The summed E-state index contributed by atoms with van der Waals surface area (Å²) >= 11 is 0. The van der Waals surface area contributed by atoms with Crippen molar-refractivity contribution in [3.05, 3.63) is 229 Å². The summed E-state index contributed by atoms with van der Waals surface area (Å²) in [6, 6.07) is 76.0. The van der Waals surface area contributed by atoms with Gasteiger partial charge < -0.3 is 33.3 Å². The van der Waals surface area contributed by atoms with Crippen LogP contribution in [0.15, 0.2) is 206 Å². The van der Waals surface area contributed by atoms with Crippen LogP contribution in [0.3, 0.4) is 0 Å². The van der Waals surface area contributed by atoms with Gasteiger partial charge >= 0.3 is 0 Å². The number of nitrogens with zero attached hydrogens (tertiary/aromatic N) is 3. The minimum absolute atomic E-state index is 0.0598. The van der Waals surface area contributed by atoms with Gasteiger partial charge in [-0.1, -0.05) is 157 Å². The molecule has 0 saturated carbocycles. The van der Waals surface area contributed by atoms with Crippen molar-refractivity contribution in [1.82, 2.24) is 4.57 Å². The Hall–Kier alpha value is -9.79. The van der Waals surface area contributed by atoms with E-state index in [2.05, 4.69) is 270 Å². The third-order valence-corrected chi connectivity index (χ3v) is 19.4. The third kappa shape index (κ3) is 6.84. The lowest BCUT2D eigenvalue weighted by atomic mass is 9.29. The number of rotatable bonds is 3. The maximum atomic E-state index is 7.66. The number of aromatic nitrogens is 1. The Bertz CT molecular complexity index is 4910. The summed E-state index contributed by atoms with van der Waals surface area (Å²) in [5.74, 6) is 6.62. The first-order valence-electron chi connectivity index (χ1n) is 30.2. The highest BCUT2D eigenvalue weighted by Gasteiger charge is 2.52. The Morgan fingerprint density at radius 2 is 0.767 bits per heavy atom. The van der Waals surface area contributed by atoms with Crippen LogP contribution < -0.4 is 77.9 Å². The SMILES string of the molecule is Cc1ccccc1N1c2cc3c(cc2B2c4c1cc(-n1c5ccc(C(C)(C)C)cc5c5cc(C(C)(C)C)ccc51)cc4N(c1ccccc1C)c1cc4c5c(c12)Oc1ccccc1B5c1ccccc1O4)B1c2ccccc2Oc2cccc(c21)O3. The van der Waals surface area contributed by atoms with Crippen molar-refractivity contribution in [3.8, 4) is 51.7 Å². The molecule has 0 atom stereocenters. The average Bonchev–Trinajstić information content (AvgIpc) is 0.759. The van der Waals surface area contributed by atoms with E-state index in [1.54, 1.807) is 0 Å². The molecule has 0 amide bonds. The van der Waals surface area contributed by atoms with Crippen molar-refractivity contribution in [2.75, 3.05) is 9.80 Å². The van der Waals surface area contributed by atoms with Gasteiger partial charge in [0.15, 0.2) is 0 Å². The first kappa shape index (κ1) is 49.6. The zero-order valence-electron chi connectivity index (χ0n) is 49.3. The molecule has 0 bridgehead atoms. The average molecular weight is 1110 g/mol. The minimum Gasteiger partial charge on any atom is -0.459 e. The molecule has 0 saturated heterocycles. The van der Waals surface area contributed by atoms with Gasteiger partial charge in [0.05, 0.1) is 16.7 Å². The van der Waals surface area contributed by atoms with Gasteiger partial charge in [-0.25, -0.2) is 0 Å². The lowest BCUT2D eigenvalue weighted by molar-refractivity contribution is 0.464. The summed E-state index contributed by atoms with van der Waals surface area (Å²) < 4.78 is 31.4. The topological polar surface area (TPSA) is 48.3 Å². The van der Waals surface area contributed by atoms with Gasteiger partial charge in [0.1, 0.15) is 46.0 Å². The lowest BCUT2D eigenvalue weighted by Gasteiger charge is -2.47. The van der Waals surface area contributed by atoms with E-state index in [-0.39, 0.29) is 31.0 Å². The minimum atomic E-state index is -0.359. The van der Waals surface area contributed by atoms with Crippen LogP contribution in [0.1, 0.15) is 63.8 Å². The number of hydrogen-bond donors (Lipinski definition) is 0. The molecule has 11 aromatic carbocycles. The molecule has 10 heteroatoms. The van der Waals surface area contributed by atoms with E-state index in [0.29, 0.717) is 0 Å². The van der Waals surface area contributed by atoms with Crippen LogP contribution in [-0.2, 0) is 10.8 Å². The molecule has 6 aliphatic rings. The first-order chi connectivity index (χ1) is 41.7. The van der Waals surface area contributed by atoms with Crippen molar-refractivity contribution in [1.29, 1.82) is 0 Å². The second-order valence-electron chi connectivity index (χ2n) is 26.4. The number of ether oxygens (including phenoxy) is 4. The van der Waals surface area contributed by atoms with Crippen molar-refractivity contribution in [2.45, 2.75) is 66.2 Å². The fraction of sp³-hybridized carbons (Fsp3) is 0.132. The number of anilines is 6. The highest BCUT2D eigenvalue weighted by Crippen LogP contribution is 2.51. The molecule has 0 N–H and O–H groups in total. The summed E-state index contributed by atoms with van der Waals surface area (Å²) in [5, 5.41) is 2.48. The Morgan fingerprint density at radius 1 is 0.314 bits per heavy atom. The predicted molar refractivity (Wildman–Crippen MR) is 357 cm³/mol. The molecule has 0 spiro atoms. The van der Waals surface area contributed by atoms with Crippen molar-refractivity contribution in [3.63, 3.8) is 0 Å². The van der Waals surface area contributed by atoms with Crippen LogP contribution in [0.25, 0.3) is 27.5 Å². The van der Waals surface area contributed by atoms with Crippen LogP contribution in [-0.4, -0.2) is 24.7 Å². The molecule has 7 heterocycles. The van der Waals surface area contributed by atoms with E-state index in [0.717, 1.165) is 152 Å². The number of aryl methyl sites for hydroxylation is 2. The molecular weight excluding hydrogens is 1050 g/mol.